The number of thiophene rings is 1. The second-order valence-electron chi connectivity index (χ2n) is 4.69. The van der Waals surface area contributed by atoms with Crippen LogP contribution in [-0.2, 0) is 16.6 Å². The molecule has 1 rings (SSSR count). The van der Waals surface area contributed by atoms with Crippen molar-refractivity contribution >= 4 is 21.4 Å². The number of hydrogen-bond donors (Lipinski definition) is 2. The SMILES string of the molecule is CCCNCc1ccc(S(=O)(=O)NCCN(C)CC)s1. The van der Waals surface area contributed by atoms with E-state index in [2.05, 4.69) is 21.9 Å². The van der Waals surface area contributed by atoms with Crippen molar-refractivity contribution in [1.82, 2.24) is 14.9 Å². The third kappa shape index (κ3) is 5.88. The minimum atomic E-state index is -3.36. The number of rotatable bonds is 10. The zero-order valence-electron chi connectivity index (χ0n) is 12.5. The van der Waals surface area contributed by atoms with Crippen molar-refractivity contribution in [3.05, 3.63) is 17.0 Å². The topological polar surface area (TPSA) is 61.4 Å². The quantitative estimate of drug-likeness (QED) is 0.641. The molecule has 0 radical (unpaired) electrons. The summed E-state index contributed by atoms with van der Waals surface area (Å²) in [6, 6.07) is 3.56. The first kappa shape index (κ1) is 17.6. The van der Waals surface area contributed by atoms with Gasteiger partial charge in [0.05, 0.1) is 0 Å². The van der Waals surface area contributed by atoms with E-state index in [0.717, 1.165) is 30.9 Å². The van der Waals surface area contributed by atoms with Gasteiger partial charge in [-0.05, 0) is 38.7 Å². The van der Waals surface area contributed by atoms with Crippen LogP contribution >= 0.6 is 11.3 Å². The fraction of sp³-hybridized carbons (Fsp3) is 0.692. The summed E-state index contributed by atoms with van der Waals surface area (Å²) >= 11 is 1.33. The number of nitrogens with one attached hydrogen (secondary N) is 2. The second kappa shape index (κ2) is 8.74. The van der Waals surface area contributed by atoms with Gasteiger partial charge in [0.1, 0.15) is 4.21 Å². The molecule has 0 saturated carbocycles. The van der Waals surface area contributed by atoms with Crippen LogP contribution in [0, 0.1) is 0 Å². The molecule has 0 aliphatic heterocycles. The highest BCUT2D eigenvalue weighted by molar-refractivity contribution is 7.91. The molecule has 0 aliphatic rings. The zero-order valence-corrected chi connectivity index (χ0v) is 14.1. The van der Waals surface area contributed by atoms with Crippen molar-refractivity contribution in [1.29, 1.82) is 0 Å². The highest BCUT2D eigenvalue weighted by Crippen LogP contribution is 2.21. The molecule has 1 aromatic heterocycles. The maximum absolute atomic E-state index is 12.1. The zero-order chi connectivity index (χ0) is 15.0. The Labute approximate surface area is 126 Å². The largest absolute Gasteiger partial charge is 0.312 e. The van der Waals surface area contributed by atoms with Crippen LogP contribution in [0.15, 0.2) is 16.3 Å². The molecule has 0 bridgehead atoms. The highest BCUT2D eigenvalue weighted by Gasteiger charge is 2.16. The van der Waals surface area contributed by atoms with Gasteiger partial charge < -0.3 is 10.2 Å². The molecule has 0 unspecified atom stereocenters. The van der Waals surface area contributed by atoms with Crippen molar-refractivity contribution < 1.29 is 8.42 Å². The lowest BCUT2D eigenvalue weighted by atomic mass is 10.4. The second-order valence-corrected chi connectivity index (χ2v) is 7.85. The summed E-state index contributed by atoms with van der Waals surface area (Å²) in [5.41, 5.74) is 0. The lowest BCUT2D eigenvalue weighted by Crippen LogP contribution is -2.32. The average molecular weight is 319 g/mol. The highest BCUT2D eigenvalue weighted by atomic mass is 32.2. The van der Waals surface area contributed by atoms with Crippen molar-refractivity contribution in [3.63, 3.8) is 0 Å². The summed E-state index contributed by atoms with van der Waals surface area (Å²) in [7, 11) is -1.39. The average Bonchev–Trinajstić information content (AvgIpc) is 2.88. The van der Waals surface area contributed by atoms with E-state index in [-0.39, 0.29) is 0 Å². The molecule has 2 N–H and O–H groups in total. The molecule has 7 heteroatoms. The van der Waals surface area contributed by atoms with Gasteiger partial charge in [-0.3, -0.25) is 0 Å². The summed E-state index contributed by atoms with van der Waals surface area (Å²) < 4.78 is 27.2. The van der Waals surface area contributed by atoms with Crippen LogP contribution in [0.2, 0.25) is 0 Å². The van der Waals surface area contributed by atoms with E-state index >= 15 is 0 Å². The summed E-state index contributed by atoms with van der Waals surface area (Å²) in [6.45, 7) is 7.89. The molecule has 116 valence electrons. The maximum Gasteiger partial charge on any atom is 0.250 e. The van der Waals surface area contributed by atoms with E-state index < -0.39 is 10.0 Å². The number of hydrogen-bond acceptors (Lipinski definition) is 5. The molecule has 1 aromatic rings. The van der Waals surface area contributed by atoms with Crippen LogP contribution in [0.25, 0.3) is 0 Å². The van der Waals surface area contributed by atoms with Crippen molar-refractivity contribution in [2.24, 2.45) is 0 Å². The van der Waals surface area contributed by atoms with Crippen LogP contribution in [-0.4, -0.2) is 46.5 Å². The Kier molecular flexibility index (Phi) is 7.68. The van der Waals surface area contributed by atoms with E-state index in [4.69, 9.17) is 0 Å². The molecule has 5 nitrogen and oxygen atoms in total. The Morgan fingerprint density at radius 2 is 2.00 bits per heavy atom. The monoisotopic (exact) mass is 319 g/mol. The summed E-state index contributed by atoms with van der Waals surface area (Å²) in [4.78, 5) is 3.11. The molecule has 20 heavy (non-hydrogen) atoms. The summed E-state index contributed by atoms with van der Waals surface area (Å²) in [6.07, 6.45) is 1.07. The molecule has 0 atom stereocenters. The Balaban J connectivity index is 2.50. The van der Waals surface area contributed by atoms with Crippen LogP contribution in [0.4, 0.5) is 0 Å². The number of nitrogens with zero attached hydrogens (tertiary/aromatic N) is 1. The molecule has 0 aromatic carbocycles. The Bertz CT molecular complexity index is 486. The molecule has 0 spiro atoms. The van der Waals surface area contributed by atoms with E-state index in [1.165, 1.54) is 11.3 Å². The molecule has 0 saturated heterocycles. The van der Waals surface area contributed by atoms with Gasteiger partial charge in [-0.15, -0.1) is 11.3 Å². The fourth-order valence-corrected chi connectivity index (χ4v) is 3.98. The van der Waals surface area contributed by atoms with Gasteiger partial charge in [0, 0.05) is 24.5 Å². The van der Waals surface area contributed by atoms with Crippen LogP contribution < -0.4 is 10.0 Å². The van der Waals surface area contributed by atoms with E-state index in [0.29, 0.717) is 17.3 Å². The predicted molar refractivity (Wildman–Crippen MR) is 84.7 cm³/mol. The van der Waals surface area contributed by atoms with Gasteiger partial charge in [-0.25, -0.2) is 13.1 Å². The molecule has 0 aliphatic carbocycles. The van der Waals surface area contributed by atoms with Crippen LogP contribution in [0.1, 0.15) is 25.1 Å². The number of sulfonamides is 1. The smallest absolute Gasteiger partial charge is 0.250 e. The van der Waals surface area contributed by atoms with Gasteiger partial charge in [-0.2, -0.15) is 0 Å². The van der Waals surface area contributed by atoms with Gasteiger partial charge >= 0.3 is 0 Å². The minimum absolute atomic E-state index is 0.393. The summed E-state index contributed by atoms with van der Waals surface area (Å²) in [5.74, 6) is 0. The Morgan fingerprint density at radius 1 is 1.25 bits per heavy atom. The molecule has 0 fully saturated rings. The van der Waals surface area contributed by atoms with Gasteiger partial charge in [0.15, 0.2) is 0 Å². The van der Waals surface area contributed by atoms with Gasteiger partial charge in [-0.1, -0.05) is 13.8 Å². The maximum atomic E-state index is 12.1. The first-order valence-electron chi connectivity index (χ1n) is 6.97. The lowest BCUT2D eigenvalue weighted by Gasteiger charge is -2.13. The van der Waals surface area contributed by atoms with E-state index in [1.807, 2.05) is 20.0 Å². The lowest BCUT2D eigenvalue weighted by molar-refractivity contribution is 0.358. The first-order valence-corrected chi connectivity index (χ1v) is 9.27. The van der Waals surface area contributed by atoms with E-state index in [1.54, 1.807) is 6.07 Å². The van der Waals surface area contributed by atoms with Crippen LogP contribution in [0.3, 0.4) is 0 Å². The molecule has 1 heterocycles. The summed E-state index contributed by atoms with van der Waals surface area (Å²) in [5, 5.41) is 3.27. The van der Waals surface area contributed by atoms with Gasteiger partial charge in [0.25, 0.3) is 0 Å². The van der Waals surface area contributed by atoms with Crippen molar-refractivity contribution in [3.8, 4) is 0 Å². The van der Waals surface area contributed by atoms with Crippen LogP contribution in [0.5, 0.6) is 0 Å². The standard InChI is InChI=1S/C13H25N3O2S2/c1-4-8-14-11-12-6-7-13(19-12)20(17,18)15-9-10-16(3)5-2/h6-7,14-15H,4-5,8-11H2,1-3H3. The van der Waals surface area contributed by atoms with Crippen molar-refractivity contribution in [2.45, 2.75) is 31.0 Å². The molecular weight excluding hydrogens is 294 g/mol. The normalized spacial score (nSPS) is 12.2. The number of likely N-dealkylation sites (N-methyl/N-ethyl adjacent to an activating group) is 1. The molecular formula is C13H25N3O2S2. The van der Waals surface area contributed by atoms with E-state index in [9.17, 15) is 8.42 Å². The third-order valence-electron chi connectivity index (χ3n) is 2.95. The third-order valence-corrected chi connectivity index (χ3v) is 5.99. The fourth-order valence-electron chi connectivity index (χ4n) is 1.59. The van der Waals surface area contributed by atoms with Gasteiger partial charge in [0.2, 0.25) is 10.0 Å². The minimum Gasteiger partial charge on any atom is -0.312 e. The first-order chi connectivity index (χ1) is 9.49. The van der Waals surface area contributed by atoms with Crippen molar-refractivity contribution in [2.75, 3.05) is 33.2 Å². The Hall–Kier alpha value is -0.470. The Morgan fingerprint density at radius 3 is 2.65 bits per heavy atom. The predicted octanol–water partition coefficient (Wildman–Crippen LogP) is 1.48. The molecule has 0 amide bonds.